The topological polar surface area (TPSA) is 65.5 Å². The number of hydrogen-bond donors (Lipinski definition) is 3. The Morgan fingerprint density at radius 1 is 1.12 bits per heavy atom. The Hall–Kier alpha value is -2.41. The maximum Gasteiger partial charge on any atom is 0.251 e. The van der Waals surface area contributed by atoms with Crippen LogP contribution >= 0.6 is 11.3 Å². The number of carbonyl (C=O) groups is 1. The molecule has 0 bridgehead atoms. The molecular formula is C18H23FN4OS. The first kappa shape index (κ1) is 18.9. The minimum absolute atomic E-state index is 0.294. The summed E-state index contributed by atoms with van der Waals surface area (Å²) in [4.78, 5) is 18.6. The number of thiophene rings is 1. The molecule has 1 amide bonds. The average Bonchev–Trinajstić information content (AvgIpc) is 3.01. The fraction of sp³-hybridized carbons (Fsp3) is 0.333. The Morgan fingerprint density at radius 2 is 1.88 bits per heavy atom. The van der Waals surface area contributed by atoms with E-state index in [4.69, 9.17) is 0 Å². The lowest BCUT2D eigenvalue weighted by atomic mass is 10.1. The average molecular weight is 362 g/mol. The molecule has 0 atom stereocenters. The fourth-order valence-electron chi connectivity index (χ4n) is 2.16. The highest BCUT2D eigenvalue weighted by Gasteiger charge is 2.07. The molecule has 2 aromatic rings. The van der Waals surface area contributed by atoms with Crippen LogP contribution in [0.2, 0.25) is 0 Å². The predicted octanol–water partition coefficient (Wildman–Crippen LogP) is 2.60. The van der Waals surface area contributed by atoms with Crippen LogP contribution in [-0.4, -0.2) is 32.0 Å². The van der Waals surface area contributed by atoms with E-state index in [0.29, 0.717) is 36.7 Å². The molecule has 134 valence electrons. The van der Waals surface area contributed by atoms with Gasteiger partial charge in [0.25, 0.3) is 5.91 Å². The lowest BCUT2D eigenvalue weighted by Crippen LogP contribution is -2.41. The predicted molar refractivity (Wildman–Crippen MR) is 101 cm³/mol. The van der Waals surface area contributed by atoms with Gasteiger partial charge in [-0.1, -0.05) is 6.07 Å². The molecule has 2 rings (SSSR count). The first-order valence-corrected chi connectivity index (χ1v) is 8.85. The van der Waals surface area contributed by atoms with Gasteiger partial charge in [-0.15, -0.1) is 11.3 Å². The zero-order chi connectivity index (χ0) is 18.2. The third-order valence-corrected chi connectivity index (χ3v) is 4.59. The summed E-state index contributed by atoms with van der Waals surface area (Å²) in [5, 5.41) is 9.10. The van der Waals surface area contributed by atoms with Crippen molar-refractivity contribution in [1.82, 2.24) is 16.0 Å². The maximum absolute atomic E-state index is 13.5. The first-order chi connectivity index (χ1) is 12.0. The van der Waals surface area contributed by atoms with Crippen LogP contribution in [0.1, 0.15) is 25.7 Å². The van der Waals surface area contributed by atoms with E-state index in [0.717, 1.165) is 0 Å². The summed E-state index contributed by atoms with van der Waals surface area (Å²) in [6.45, 7) is 5.37. The molecule has 0 aliphatic rings. The van der Waals surface area contributed by atoms with Crippen LogP contribution in [0.5, 0.6) is 0 Å². The van der Waals surface area contributed by atoms with Crippen LogP contribution < -0.4 is 16.0 Å². The van der Waals surface area contributed by atoms with Crippen LogP contribution in [0.25, 0.3) is 0 Å². The number of hydrogen-bond acceptors (Lipinski definition) is 3. The molecular weight excluding hydrogens is 339 g/mol. The molecule has 5 nitrogen and oxygen atoms in total. The normalized spacial score (nSPS) is 11.3. The van der Waals surface area contributed by atoms with Crippen molar-refractivity contribution < 1.29 is 9.18 Å². The van der Waals surface area contributed by atoms with Gasteiger partial charge in [-0.2, -0.15) is 0 Å². The van der Waals surface area contributed by atoms with E-state index in [1.807, 2.05) is 0 Å². The van der Waals surface area contributed by atoms with Gasteiger partial charge >= 0.3 is 0 Å². The van der Waals surface area contributed by atoms with Gasteiger partial charge in [-0.25, -0.2) is 4.39 Å². The van der Waals surface area contributed by atoms with Crippen molar-refractivity contribution in [3.05, 3.63) is 57.0 Å². The van der Waals surface area contributed by atoms with Gasteiger partial charge in [0.2, 0.25) is 0 Å². The summed E-state index contributed by atoms with van der Waals surface area (Å²) in [5.41, 5.74) is 0.840. The molecule has 25 heavy (non-hydrogen) atoms. The van der Waals surface area contributed by atoms with Crippen molar-refractivity contribution in [2.24, 2.45) is 4.99 Å². The second kappa shape index (κ2) is 9.17. The van der Waals surface area contributed by atoms with E-state index >= 15 is 0 Å². The zero-order valence-electron chi connectivity index (χ0n) is 14.6. The van der Waals surface area contributed by atoms with Gasteiger partial charge < -0.3 is 16.0 Å². The van der Waals surface area contributed by atoms with Crippen molar-refractivity contribution in [2.75, 3.05) is 20.1 Å². The molecule has 0 aliphatic carbocycles. The molecule has 0 spiro atoms. The van der Waals surface area contributed by atoms with Gasteiger partial charge in [0, 0.05) is 35.5 Å². The number of rotatable bonds is 6. The monoisotopic (exact) mass is 362 g/mol. The molecule has 1 heterocycles. The summed E-state index contributed by atoms with van der Waals surface area (Å²) in [7, 11) is 1.70. The quantitative estimate of drug-likeness (QED) is 0.420. The summed E-state index contributed by atoms with van der Waals surface area (Å²) in [6, 6.07) is 8.63. The minimum Gasteiger partial charge on any atom is -0.355 e. The van der Waals surface area contributed by atoms with Crippen LogP contribution in [0, 0.1) is 19.7 Å². The Bertz CT molecular complexity index is 757. The lowest BCUT2D eigenvalue weighted by Gasteiger charge is -2.12. The number of guanidine groups is 1. The molecule has 0 fully saturated rings. The van der Waals surface area contributed by atoms with Crippen molar-refractivity contribution in [3.8, 4) is 0 Å². The van der Waals surface area contributed by atoms with Crippen LogP contribution in [0.15, 0.2) is 35.3 Å². The first-order valence-electron chi connectivity index (χ1n) is 8.04. The van der Waals surface area contributed by atoms with Gasteiger partial charge in [0.15, 0.2) is 5.96 Å². The molecule has 0 saturated heterocycles. The Morgan fingerprint density at radius 3 is 2.52 bits per heavy atom. The molecule has 7 heteroatoms. The number of nitrogens with zero attached hydrogens (tertiary/aromatic N) is 1. The van der Waals surface area contributed by atoms with E-state index in [9.17, 15) is 9.18 Å². The smallest absolute Gasteiger partial charge is 0.251 e. The maximum atomic E-state index is 13.5. The Labute approximate surface area is 151 Å². The zero-order valence-corrected chi connectivity index (χ0v) is 15.5. The molecule has 3 N–H and O–H groups in total. The molecule has 0 aliphatic heterocycles. The third kappa shape index (κ3) is 5.86. The van der Waals surface area contributed by atoms with E-state index in [1.165, 1.54) is 15.8 Å². The number of nitrogens with one attached hydrogen (secondary N) is 3. The summed E-state index contributed by atoms with van der Waals surface area (Å²) >= 11 is 1.74. The van der Waals surface area contributed by atoms with Crippen molar-refractivity contribution >= 4 is 23.2 Å². The third-order valence-electron chi connectivity index (χ3n) is 3.59. The molecule has 0 unspecified atom stereocenters. The van der Waals surface area contributed by atoms with Gasteiger partial charge in [-0.05, 0) is 43.7 Å². The Kier molecular flexibility index (Phi) is 6.94. The number of amides is 1. The lowest BCUT2D eigenvalue weighted by molar-refractivity contribution is 0.0954. The van der Waals surface area contributed by atoms with E-state index < -0.39 is 0 Å². The number of aliphatic imine (C=N–C) groups is 1. The number of carbonyl (C=O) groups excluding carboxylic acids is 1. The van der Waals surface area contributed by atoms with Gasteiger partial charge in [-0.3, -0.25) is 9.79 Å². The number of halogens is 1. The molecule has 0 radical (unpaired) electrons. The van der Waals surface area contributed by atoms with Gasteiger partial charge in [0.1, 0.15) is 5.82 Å². The Balaban J connectivity index is 1.71. The minimum atomic E-state index is -0.376. The largest absolute Gasteiger partial charge is 0.355 e. The van der Waals surface area contributed by atoms with E-state index in [1.54, 1.807) is 37.4 Å². The van der Waals surface area contributed by atoms with Crippen molar-refractivity contribution in [3.63, 3.8) is 0 Å². The van der Waals surface area contributed by atoms with E-state index in [2.05, 4.69) is 40.0 Å². The highest BCUT2D eigenvalue weighted by molar-refractivity contribution is 7.11. The molecule has 1 aromatic heterocycles. The summed E-state index contributed by atoms with van der Waals surface area (Å²) in [6.07, 6.45) is 0. The number of aryl methyl sites for hydroxylation is 2. The van der Waals surface area contributed by atoms with Crippen LogP contribution in [0.4, 0.5) is 4.39 Å². The van der Waals surface area contributed by atoms with E-state index in [-0.39, 0.29) is 11.7 Å². The highest BCUT2D eigenvalue weighted by atomic mass is 32.1. The second-order valence-electron chi connectivity index (χ2n) is 5.58. The van der Waals surface area contributed by atoms with Crippen molar-refractivity contribution in [1.29, 1.82) is 0 Å². The molecule has 1 aromatic carbocycles. The summed E-state index contributed by atoms with van der Waals surface area (Å²) < 4.78 is 13.5. The number of benzene rings is 1. The summed E-state index contributed by atoms with van der Waals surface area (Å²) in [5.74, 6) is -0.00131. The fourth-order valence-corrected chi connectivity index (χ4v) is 2.99. The second-order valence-corrected chi connectivity index (χ2v) is 6.96. The molecule has 0 saturated carbocycles. The standard InChI is InChI=1S/C18H23FN4OS/c1-12-4-6-14(10-16(12)19)17(24)21-8-9-22-18(20-3)23-11-15-7-5-13(2)25-15/h4-7,10H,8-9,11H2,1-3H3,(H,21,24)(H2,20,22,23). The highest BCUT2D eigenvalue weighted by Crippen LogP contribution is 2.14. The van der Waals surface area contributed by atoms with Gasteiger partial charge in [0.05, 0.1) is 6.54 Å². The van der Waals surface area contributed by atoms with Crippen molar-refractivity contribution in [2.45, 2.75) is 20.4 Å². The van der Waals surface area contributed by atoms with Crippen LogP contribution in [0.3, 0.4) is 0 Å². The SMILES string of the molecule is CN=C(NCCNC(=O)c1ccc(C)c(F)c1)NCc1ccc(C)s1. The van der Waals surface area contributed by atoms with Crippen LogP contribution in [-0.2, 0) is 6.54 Å².